The Labute approximate surface area is 155 Å². The van der Waals surface area contributed by atoms with Gasteiger partial charge in [-0.05, 0) is 39.7 Å². The smallest absolute Gasteiger partial charge is 0.238 e. The van der Waals surface area contributed by atoms with Crippen molar-refractivity contribution in [1.82, 2.24) is 9.97 Å². The number of nitrogens with zero attached hydrogens (tertiary/aromatic N) is 3. The Balaban J connectivity index is 1.84. The average Bonchev–Trinajstić information content (AvgIpc) is 2.82. The summed E-state index contributed by atoms with van der Waals surface area (Å²) in [4.78, 5) is 23.8. The van der Waals surface area contributed by atoms with Gasteiger partial charge >= 0.3 is 0 Å². The third kappa shape index (κ3) is 3.26. The van der Waals surface area contributed by atoms with Gasteiger partial charge in [-0.15, -0.1) is 0 Å². The van der Waals surface area contributed by atoms with Crippen molar-refractivity contribution >= 4 is 17.7 Å². The first-order chi connectivity index (χ1) is 12.4. The molecule has 26 heavy (non-hydrogen) atoms. The van der Waals surface area contributed by atoms with E-state index in [0.29, 0.717) is 11.9 Å². The van der Waals surface area contributed by atoms with Gasteiger partial charge in [0.2, 0.25) is 11.9 Å². The molecule has 2 atom stereocenters. The standard InChI is InChI=1S/C20H28N4O2/c1-6-13(2)24-17-16(20(3,4)18(24)25)11-21-19(23-17)22-15-9-7-14(8-10-15)12-26-5/h7,9-11,13-14H,6,8,12H2,1-5H3,(H,21,22,23)/t13-,14?/m0/s1. The minimum absolute atomic E-state index is 0.0903. The van der Waals surface area contributed by atoms with E-state index in [1.807, 2.05) is 24.8 Å². The first kappa shape index (κ1) is 18.6. The highest BCUT2D eigenvalue weighted by Gasteiger charge is 2.46. The van der Waals surface area contributed by atoms with Gasteiger partial charge in [-0.1, -0.05) is 19.1 Å². The number of hydrogen-bond acceptors (Lipinski definition) is 5. The molecular formula is C20H28N4O2. The van der Waals surface area contributed by atoms with Crippen molar-refractivity contribution < 1.29 is 9.53 Å². The maximum atomic E-state index is 12.9. The molecule has 0 radical (unpaired) electrons. The molecule has 0 bridgehead atoms. The van der Waals surface area contributed by atoms with Crippen LogP contribution in [0.1, 0.15) is 46.1 Å². The van der Waals surface area contributed by atoms with E-state index in [1.165, 1.54) is 0 Å². The Bertz CT molecular complexity index is 754. The van der Waals surface area contributed by atoms with E-state index >= 15 is 0 Å². The Hall–Kier alpha value is -2.21. The van der Waals surface area contributed by atoms with Gasteiger partial charge in [0.1, 0.15) is 5.82 Å². The Kier molecular flexibility index (Phi) is 5.14. The van der Waals surface area contributed by atoms with Crippen LogP contribution in [0.25, 0.3) is 0 Å². The average molecular weight is 356 g/mol. The van der Waals surface area contributed by atoms with Gasteiger partial charge in [-0.3, -0.25) is 9.69 Å². The molecule has 2 heterocycles. The lowest BCUT2D eigenvalue weighted by molar-refractivity contribution is -0.122. The molecule has 2 aliphatic rings. The molecular weight excluding hydrogens is 328 g/mol. The monoisotopic (exact) mass is 356 g/mol. The lowest BCUT2D eigenvalue weighted by Crippen LogP contribution is -2.41. The van der Waals surface area contributed by atoms with Gasteiger partial charge < -0.3 is 10.1 Å². The third-order valence-corrected chi connectivity index (χ3v) is 5.28. The maximum Gasteiger partial charge on any atom is 0.238 e. The minimum atomic E-state index is -0.589. The highest BCUT2D eigenvalue weighted by molar-refractivity contribution is 6.07. The molecule has 1 aliphatic carbocycles. The van der Waals surface area contributed by atoms with Crippen LogP contribution in [0.15, 0.2) is 30.1 Å². The van der Waals surface area contributed by atoms with Gasteiger partial charge in [0.05, 0.1) is 12.0 Å². The topological polar surface area (TPSA) is 67.4 Å². The highest BCUT2D eigenvalue weighted by atomic mass is 16.5. The van der Waals surface area contributed by atoms with E-state index in [-0.39, 0.29) is 11.9 Å². The summed E-state index contributed by atoms with van der Waals surface area (Å²) in [5.41, 5.74) is 1.27. The van der Waals surface area contributed by atoms with Gasteiger partial charge in [0, 0.05) is 36.5 Å². The normalized spacial score (nSPS) is 22.2. The number of rotatable bonds is 6. The van der Waals surface area contributed by atoms with Gasteiger partial charge in [0.15, 0.2) is 0 Å². The second kappa shape index (κ2) is 7.19. The maximum absolute atomic E-state index is 12.9. The first-order valence-electron chi connectivity index (χ1n) is 9.24. The van der Waals surface area contributed by atoms with Crippen LogP contribution < -0.4 is 10.2 Å². The van der Waals surface area contributed by atoms with Crippen molar-refractivity contribution in [3.63, 3.8) is 0 Å². The summed E-state index contributed by atoms with van der Waals surface area (Å²) in [6.45, 7) is 8.74. The zero-order valence-electron chi connectivity index (χ0n) is 16.2. The number of aromatic nitrogens is 2. The fourth-order valence-corrected chi connectivity index (χ4v) is 3.39. The lowest BCUT2D eigenvalue weighted by atomic mass is 9.88. The van der Waals surface area contributed by atoms with Crippen molar-refractivity contribution in [3.05, 3.63) is 35.7 Å². The van der Waals surface area contributed by atoms with Crippen molar-refractivity contribution in [2.45, 2.75) is 52.0 Å². The molecule has 6 heteroatoms. The minimum Gasteiger partial charge on any atom is -0.384 e. The summed E-state index contributed by atoms with van der Waals surface area (Å²) in [5, 5.41) is 3.27. The van der Waals surface area contributed by atoms with Crippen LogP contribution in [0.2, 0.25) is 0 Å². The largest absolute Gasteiger partial charge is 0.384 e. The molecule has 1 N–H and O–H groups in total. The first-order valence-corrected chi connectivity index (χ1v) is 9.24. The van der Waals surface area contributed by atoms with Crippen LogP contribution in [0, 0.1) is 5.92 Å². The summed E-state index contributed by atoms with van der Waals surface area (Å²) in [6, 6.07) is 0.106. The predicted octanol–water partition coefficient (Wildman–Crippen LogP) is 3.42. The molecule has 0 aromatic carbocycles. The molecule has 1 amide bonds. The second-order valence-electron chi connectivity index (χ2n) is 7.58. The third-order valence-electron chi connectivity index (χ3n) is 5.28. The van der Waals surface area contributed by atoms with E-state index in [2.05, 4.69) is 41.3 Å². The van der Waals surface area contributed by atoms with Crippen LogP contribution in [0.4, 0.5) is 11.8 Å². The van der Waals surface area contributed by atoms with Crippen LogP contribution in [-0.2, 0) is 14.9 Å². The molecule has 1 unspecified atom stereocenters. The van der Waals surface area contributed by atoms with E-state index in [0.717, 1.165) is 36.5 Å². The number of ether oxygens (including phenoxy) is 1. The molecule has 1 aliphatic heterocycles. The van der Waals surface area contributed by atoms with Gasteiger partial charge in [-0.25, -0.2) is 4.98 Å². The molecule has 0 saturated heterocycles. The number of carbonyl (C=O) groups excluding carboxylic acids is 1. The number of fused-ring (bicyclic) bond motifs is 1. The van der Waals surface area contributed by atoms with Crippen molar-refractivity contribution in [1.29, 1.82) is 0 Å². The molecule has 6 nitrogen and oxygen atoms in total. The Morgan fingerprint density at radius 2 is 2.23 bits per heavy atom. The summed E-state index contributed by atoms with van der Waals surface area (Å²) >= 11 is 0. The number of amides is 1. The van der Waals surface area contributed by atoms with E-state index in [1.54, 1.807) is 13.3 Å². The number of nitrogens with one attached hydrogen (secondary N) is 1. The fourth-order valence-electron chi connectivity index (χ4n) is 3.39. The molecule has 0 saturated carbocycles. The zero-order valence-corrected chi connectivity index (χ0v) is 16.2. The zero-order chi connectivity index (χ0) is 18.9. The molecule has 0 spiro atoms. The van der Waals surface area contributed by atoms with Crippen molar-refractivity contribution in [3.8, 4) is 0 Å². The second-order valence-corrected chi connectivity index (χ2v) is 7.58. The number of allylic oxidation sites excluding steroid dienone is 2. The summed E-state index contributed by atoms with van der Waals surface area (Å²) in [5.74, 6) is 1.74. The quantitative estimate of drug-likeness (QED) is 0.846. The molecule has 3 rings (SSSR count). The van der Waals surface area contributed by atoms with Gasteiger partial charge in [0.25, 0.3) is 0 Å². The Morgan fingerprint density at radius 3 is 2.85 bits per heavy atom. The van der Waals surface area contributed by atoms with E-state index < -0.39 is 5.41 Å². The SMILES string of the molecule is CC[C@H](C)N1C(=O)C(C)(C)c2cnc(NC3=CCC(COC)C=C3)nc21. The van der Waals surface area contributed by atoms with E-state index in [9.17, 15) is 4.79 Å². The van der Waals surface area contributed by atoms with Crippen LogP contribution in [0.3, 0.4) is 0 Å². The van der Waals surface area contributed by atoms with Crippen LogP contribution >= 0.6 is 0 Å². The molecule has 0 fully saturated rings. The number of methoxy groups -OCH3 is 1. The van der Waals surface area contributed by atoms with Crippen LogP contribution in [-0.4, -0.2) is 35.6 Å². The number of anilines is 2. The summed E-state index contributed by atoms with van der Waals surface area (Å²) in [7, 11) is 1.72. The number of hydrogen-bond donors (Lipinski definition) is 1. The molecule has 1 aromatic heterocycles. The van der Waals surface area contributed by atoms with Gasteiger partial charge in [-0.2, -0.15) is 4.98 Å². The fraction of sp³-hybridized carbons (Fsp3) is 0.550. The van der Waals surface area contributed by atoms with Crippen molar-refractivity contribution in [2.75, 3.05) is 23.9 Å². The molecule has 1 aromatic rings. The summed E-state index contributed by atoms with van der Waals surface area (Å²) < 4.78 is 5.20. The lowest BCUT2D eigenvalue weighted by Gasteiger charge is -2.25. The van der Waals surface area contributed by atoms with Crippen LogP contribution in [0.5, 0.6) is 0 Å². The molecule has 140 valence electrons. The van der Waals surface area contributed by atoms with Crippen molar-refractivity contribution in [2.24, 2.45) is 5.92 Å². The van der Waals surface area contributed by atoms with E-state index in [4.69, 9.17) is 4.74 Å². The summed E-state index contributed by atoms with van der Waals surface area (Å²) in [6.07, 6.45) is 9.88. The number of carbonyl (C=O) groups is 1. The Morgan fingerprint density at radius 1 is 1.46 bits per heavy atom. The predicted molar refractivity (Wildman–Crippen MR) is 103 cm³/mol. The highest BCUT2D eigenvalue weighted by Crippen LogP contribution is 2.41.